The molecule has 0 N–H and O–H groups in total. The molecule has 312 valence electrons. The lowest BCUT2D eigenvalue weighted by Gasteiger charge is -2.33. The quantitative estimate of drug-likeness (QED) is 0.125. The molecular formula is C67H38O. The average Bonchev–Trinajstić information content (AvgIpc) is 4.03. The molecule has 0 saturated carbocycles. The molecule has 0 fully saturated rings. The van der Waals surface area contributed by atoms with Crippen LogP contribution in [0.2, 0.25) is 0 Å². The molecule has 2 aliphatic rings. The smallest absolute Gasteiger partial charge is 0.136 e. The maximum absolute atomic E-state index is 6.53. The molecule has 0 radical (unpaired) electrons. The first-order valence-electron chi connectivity index (χ1n) is 23.7. The van der Waals surface area contributed by atoms with Crippen molar-refractivity contribution >= 4 is 86.6 Å². The van der Waals surface area contributed by atoms with Crippen molar-refractivity contribution in [1.82, 2.24) is 0 Å². The van der Waals surface area contributed by atoms with Gasteiger partial charge in [-0.3, -0.25) is 0 Å². The minimum atomic E-state index is -0.546. The Labute approximate surface area is 391 Å². The fraction of sp³-hybridized carbons (Fsp3) is 0.0149. The number of hydrogen-bond donors (Lipinski definition) is 0. The van der Waals surface area contributed by atoms with Gasteiger partial charge < -0.3 is 4.42 Å². The molecule has 68 heavy (non-hydrogen) atoms. The van der Waals surface area contributed by atoms with Crippen LogP contribution in [0.3, 0.4) is 0 Å². The van der Waals surface area contributed by atoms with E-state index >= 15 is 0 Å². The van der Waals surface area contributed by atoms with E-state index in [-0.39, 0.29) is 0 Å². The monoisotopic (exact) mass is 858 g/mol. The number of benzene rings is 13. The van der Waals surface area contributed by atoms with Crippen LogP contribution in [0.5, 0.6) is 0 Å². The first-order chi connectivity index (χ1) is 33.8. The lowest BCUT2D eigenvalue weighted by atomic mass is 9.68. The predicted octanol–water partition coefficient (Wildman–Crippen LogP) is 18.2. The molecule has 1 aromatic heterocycles. The molecule has 2 aliphatic carbocycles. The lowest BCUT2D eigenvalue weighted by Crippen LogP contribution is -2.26. The molecular weight excluding hydrogens is 821 g/mol. The maximum atomic E-state index is 6.53. The van der Waals surface area contributed by atoms with Crippen LogP contribution < -0.4 is 0 Å². The first-order valence-corrected chi connectivity index (χ1v) is 23.7. The van der Waals surface area contributed by atoms with Gasteiger partial charge in [0.05, 0.1) is 5.41 Å². The lowest BCUT2D eigenvalue weighted by molar-refractivity contribution is 0.669. The number of hydrogen-bond acceptors (Lipinski definition) is 1. The standard InChI is InChI=1S/C67H38O/c1-2-18-40-37-61-55(35-39(40)17-1)54-36-41(33-34-60(54)68-61)62-48-25-7-9-27-50(48)63(51-28-10-8-26-49(51)62)56-38-57-64-47-24-6-3-19-42(47)43-20-4-12-30-53(43)66(64)67(65(57)52-29-11-5-21-44(52)56)58-31-15-13-22-45(58)46-23-14-16-32-59(46)67/h1-38H. The summed E-state index contributed by atoms with van der Waals surface area (Å²) in [5.41, 5.74) is 17.0. The first kappa shape index (κ1) is 36.4. The van der Waals surface area contributed by atoms with E-state index in [1.54, 1.807) is 0 Å². The second-order valence-corrected chi connectivity index (χ2v) is 18.9. The van der Waals surface area contributed by atoms with Crippen molar-refractivity contribution in [2.45, 2.75) is 5.41 Å². The van der Waals surface area contributed by atoms with Crippen molar-refractivity contribution in [1.29, 1.82) is 0 Å². The van der Waals surface area contributed by atoms with Gasteiger partial charge in [-0.15, -0.1) is 0 Å². The molecule has 14 aromatic rings. The summed E-state index contributed by atoms with van der Waals surface area (Å²) in [7, 11) is 0. The van der Waals surface area contributed by atoms with Gasteiger partial charge in [-0.2, -0.15) is 0 Å². The number of fused-ring (bicyclic) bond motifs is 23. The van der Waals surface area contributed by atoms with Crippen molar-refractivity contribution in [3.8, 4) is 44.5 Å². The van der Waals surface area contributed by atoms with Gasteiger partial charge in [0.1, 0.15) is 11.2 Å². The molecule has 1 heteroatoms. The third-order valence-corrected chi connectivity index (χ3v) is 15.8. The van der Waals surface area contributed by atoms with E-state index in [4.69, 9.17) is 4.42 Å². The summed E-state index contributed by atoms with van der Waals surface area (Å²) in [5.74, 6) is 0. The molecule has 13 aromatic carbocycles. The molecule has 1 heterocycles. The Morgan fingerprint density at radius 2 is 0.706 bits per heavy atom. The Morgan fingerprint density at radius 1 is 0.250 bits per heavy atom. The van der Waals surface area contributed by atoms with Crippen LogP contribution in [-0.4, -0.2) is 0 Å². The Balaban J connectivity index is 1.05. The van der Waals surface area contributed by atoms with Gasteiger partial charge in [0, 0.05) is 10.8 Å². The summed E-state index contributed by atoms with van der Waals surface area (Å²) in [4.78, 5) is 0. The van der Waals surface area contributed by atoms with Gasteiger partial charge in [0.15, 0.2) is 0 Å². The Bertz CT molecular complexity index is 4460. The second-order valence-electron chi connectivity index (χ2n) is 18.9. The van der Waals surface area contributed by atoms with Crippen LogP contribution in [0.25, 0.3) is 131 Å². The summed E-state index contributed by atoms with van der Waals surface area (Å²) >= 11 is 0. The zero-order valence-electron chi connectivity index (χ0n) is 36.8. The van der Waals surface area contributed by atoms with E-state index in [0.717, 1.165) is 21.9 Å². The summed E-state index contributed by atoms with van der Waals surface area (Å²) < 4.78 is 6.53. The highest BCUT2D eigenvalue weighted by molar-refractivity contribution is 6.27. The van der Waals surface area contributed by atoms with Crippen LogP contribution >= 0.6 is 0 Å². The van der Waals surface area contributed by atoms with Crippen LogP contribution in [0.1, 0.15) is 22.3 Å². The molecule has 0 unspecified atom stereocenters. The highest BCUT2D eigenvalue weighted by Crippen LogP contribution is 2.67. The van der Waals surface area contributed by atoms with Crippen molar-refractivity contribution in [3.63, 3.8) is 0 Å². The van der Waals surface area contributed by atoms with Crippen molar-refractivity contribution in [2.24, 2.45) is 0 Å². The summed E-state index contributed by atoms with van der Waals surface area (Å²) in [6.45, 7) is 0. The summed E-state index contributed by atoms with van der Waals surface area (Å²) in [6, 6.07) is 86.6. The van der Waals surface area contributed by atoms with Gasteiger partial charge >= 0.3 is 0 Å². The van der Waals surface area contributed by atoms with E-state index in [2.05, 4.69) is 231 Å². The molecule has 0 aliphatic heterocycles. The van der Waals surface area contributed by atoms with Gasteiger partial charge in [0.25, 0.3) is 0 Å². The molecule has 0 saturated heterocycles. The average molecular weight is 859 g/mol. The number of rotatable bonds is 2. The molecule has 0 bridgehead atoms. The van der Waals surface area contributed by atoms with Crippen LogP contribution in [0, 0.1) is 0 Å². The summed E-state index contributed by atoms with van der Waals surface area (Å²) in [5, 5.41) is 17.3. The van der Waals surface area contributed by atoms with Gasteiger partial charge in [-0.25, -0.2) is 0 Å². The van der Waals surface area contributed by atoms with E-state index in [1.807, 2.05) is 0 Å². The van der Waals surface area contributed by atoms with E-state index < -0.39 is 5.41 Å². The summed E-state index contributed by atoms with van der Waals surface area (Å²) in [6.07, 6.45) is 0. The molecule has 0 atom stereocenters. The van der Waals surface area contributed by atoms with E-state index in [0.29, 0.717) is 0 Å². The Hall–Kier alpha value is -8.78. The van der Waals surface area contributed by atoms with Crippen LogP contribution in [0.15, 0.2) is 235 Å². The SMILES string of the molecule is c1ccc2c(c1)-c1ccccc1C21c2c(cc(-c3c4ccccc4c(-c4ccc5oc6cc7ccccc7cc6c5c4)c4ccccc34)c3ccccc23)-c2c1c1ccccc1c1ccccc21. The Kier molecular flexibility index (Phi) is 7.07. The van der Waals surface area contributed by atoms with E-state index in [1.165, 1.54) is 131 Å². The topological polar surface area (TPSA) is 13.1 Å². The maximum Gasteiger partial charge on any atom is 0.136 e. The normalized spacial score (nSPS) is 13.4. The van der Waals surface area contributed by atoms with Crippen LogP contribution in [-0.2, 0) is 5.41 Å². The largest absolute Gasteiger partial charge is 0.456 e. The van der Waals surface area contributed by atoms with Crippen molar-refractivity contribution in [3.05, 3.63) is 253 Å². The van der Waals surface area contributed by atoms with Gasteiger partial charge in [-0.1, -0.05) is 200 Å². The third kappa shape index (κ3) is 4.51. The molecule has 16 rings (SSSR count). The van der Waals surface area contributed by atoms with Gasteiger partial charge in [0.2, 0.25) is 0 Å². The van der Waals surface area contributed by atoms with Crippen molar-refractivity contribution in [2.75, 3.05) is 0 Å². The highest BCUT2D eigenvalue weighted by Gasteiger charge is 2.54. The second kappa shape index (κ2) is 13.2. The van der Waals surface area contributed by atoms with Crippen LogP contribution in [0.4, 0.5) is 0 Å². The fourth-order valence-electron chi connectivity index (χ4n) is 13.2. The van der Waals surface area contributed by atoms with Crippen molar-refractivity contribution < 1.29 is 4.42 Å². The molecule has 1 spiro atoms. The minimum Gasteiger partial charge on any atom is -0.456 e. The molecule has 0 amide bonds. The van der Waals surface area contributed by atoms with E-state index in [9.17, 15) is 0 Å². The highest BCUT2D eigenvalue weighted by atomic mass is 16.3. The zero-order chi connectivity index (χ0) is 44.2. The van der Waals surface area contributed by atoms with Gasteiger partial charge in [-0.05, 0) is 162 Å². The molecule has 1 nitrogen and oxygen atoms in total. The fourth-order valence-corrected chi connectivity index (χ4v) is 13.2. The Morgan fingerprint density at radius 3 is 1.34 bits per heavy atom. The zero-order valence-corrected chi connectivity index (χ0v) is 36.8. The predicted molar refractivity (Wildman–Crippen MR) is 286 cm³/mol. The number of furan rings is 1. The third-order valence-electron chi connectivity index (χ3n) is 15.8. The minimum absolute atomic E-state index is 0.546.